The van der Waals surface area contributed by atoms with Crippen LogP contribution in [-0.4, -0.2) is 35.1 Å². The number of rotatable bonds is 2. The molecule has 1 unspecified atom stereocenters. The minimum Gasteiger partial charge on any atom is -0.379 e. The maximum atomic E-state index is 11.2. The number of nitrogens with zero attached hydrogens (tertiary/aromatic N) is 1. The van der Waals surface area contributed by atoms with E-state index in [1.807, 2.05) is 0 Å². The van der Waals surface area contributed by atoms with Gasteiger partial charge in [0.05, 0.1) is 0 Å². The van der Waals surface area contributed by atoms with Crippen LogP contribution in [0.4, 0.5) is 0 Å². The summed E-state index contributed by atoms with van der Waals surface area (Å²) >= 11 is 0. The van der Waals surface area contributed by atoms with Gasteiger partial charge in [-0.25, -0.2) is 0 Å². The minimum atomic E-state index is -1.01. The average Bonchev–Trinajstić information content (AvgIpc) is 2.53. The van der Waals surface area contributed by atoms with E-state index in [2.05, 4.69) is 6.58 Å². The van der Waals surface area contributed by atoms with Crippen molar-refractivity contribution in [3.63, 3.8) is 0 Å². The Morgan fingerprint density at radius 2 is 2.09 bits per heavy atom. The molecule has 0 saturated carbocycles. The average molecular weight is 155 g/mol. The monoisotopic (exact) mass is 155 g/mol. The molecule has 3 heteroatoms. The summed E-state index contributed by atoms with van der Waals surface area (Å²) in [5.41, 5.74) is 0. The maximum Gasteiger partial charge on any atom is 0.255 e. The van der Waals surface area contributed by atoms with Crippen molar-refractivity contribution in [2.24, 2.45) is 0 Å². The van der Waals surface area contributed by atoms with Gasteiger partial charge in [-0.3, -0.25) is 4.79 Å². The Balaban J connectivity index is 2.45. The van der Waals surface area contributed by atoms with Gasteiger partial charge in [-0.1, -0.05) is 12.7 Å². The first-order valence-corrected chi connectivity index (χ1v) is 3.85. The van der Waals surface area contributed by atoms with Crippen LogP contribution in [-0.2, 0) is 4.79 Å². The van der Waals surface area contributed by atoms with Crippen LogP contribution in [0.25, 0.3) is 0 Å². The summed E-state index contributed by atoms with van der Waals surface area (Å²) in [4.78, 5) is 12.9. The highest BCUT2D eigenvalue weighted by Gasteiger charge is 2.21. The number of amides is 1. The van der Waals surface area contributed by atoms with E-state index in [1.165, 1.54) is 6.08 Å². The van der Waals surface area contributed by atoms with Crippen LogP contribution in [0, 0.1) is 0 Å². The van der Waals surface area contributed by atoms with Crippen LogP contribution < -0.4 is 0 Å². The van der Waals surface area contributed by atoms with E-state index in [-0.39, 0.29) is 5.91 Å². The van der Waals surface area contributed by atoms with Crippen molar-refractivity contribution >= 4 is 5.91 Å². The van der Waals surface area contributed by atoms with Gasteiger partial charge in [0, 0.05) is 13.1 Å². The third-order valence-corrected chi connectivity index (χ3v) is 1.89. The molecular weight excluding hydrogens is 142 g/mol. The van der Waals surface area contributed by atoms with Crippen LogP contribution in [0.2, 0.25) is 0 Å². The normalized spacial score (nSPS) is 19.9. The number of aliphatic hydroxyl groups is 1. The lowest BCUT2D eigenvalue weighted by atomic mass is 10.3. The highest BCUT2D eigenvalue weighted by molar-refractivity contribution is 5.82. The molecule has 0 bridgehead atoms. The van der Waals surface area contributed by atoms with Crippen molar-refractivity contribution in [1.82, 2.24) is 4.90 Å². The van der Waals surface area contributed by atoms with E-state index in [9.17, 15) is 4.79 Å². The van der Waals surface area contributed by atoms with Crippen LogP contribution in [0.5, 0.6) is 0 Å². The van der Waals surface area contributed by atoms with Gasteiger partial charge in [0.2, 0.25) is 0 Å². The third-order valence-electron chi connectivity index (χ3n) is 1.89. The number of carbonyl (C=O) groups excluding carboxylic acids is 1. The highest BCUT2D eigenvalue weighted by atomic mass is 16.3. The van der Waals surface area contributed by atoms with Gasteiger partial charge in [0.25, 0.3) is 5.91 Å². The molecule has 1 heterocycles. The van der Waals surface area contributed by atoms with E-state index in [0.717, 1.165) is 25.9 Å². The first-order valence-electron chi connectivity index (χ1n) is 3.85. The molecular formula is C8H13NO2. The van der Waals surface area contributed by atoms with Gasteiger partial charge >= 0.3 is 0 Å². The zero-order valence-corrected chi connectivity index (χ0v) is 6.49. The molecule has 3 nitrogen and oxygen atoms in total. The number of hydrogen-bond donors (Lipinski definition) is 1. The van der Waals surface area contributed by atoms with Crippen molar-refractivity contribution in [1.29, 1.82) is 0 Å². The molecule has 62 valence electrons. The lowest BCUT2D eigenvalue weighted by molar-refractivity contribution is -0.136. The SMILES string of the molecule is C=CC(O)C(=O)N1CCCC1. The van der Waals surface area contributed by atoms with Gasteiger partial charge < -0.3 is 10.0 Å². The standard InChI is InChI=1S/C8H13NO2/c1-2-7(10)8(11)9-5-3-4-6-9/h2,7,10H,1,3-6H2. The molecule has 0 radical (unpaired) electrons. The number of carbonyl (C=O) groups is 1. The molecule has 0 aromatic rings. The quantitative estimate of drug-likeness (QED) is 0.577. The zero-order valence-electron chi connectivity index (χ0n) is 6.49. The van der Waals surface area contributed by atoms with Crippen LogP contribution >= 0.6 is 0 Å². The summed E-state index contributed by atoms with van der Waals surface area (Å²) in [7, 11) is 0. The lowest BCUT2D eigenvalue weighted by Gasteiger charge is -2.16. The molecule has 1 rings (SSSR count). The first-order chi connectivity index (χ1) is 5.25. The number of hydrogen-bond acceptors (Lipinski definition) is 2. The zero-order chi connectivity index (χ0) is 8.27. The summed E-state index contributed by atoms with van der Waals surface area (Å²) < 4.78 is 0. The molecule has 11 heavy (non-hydrogen) atoms. The van der Waals surface area contributed by atoms with Gasteiger partial charge in [0.15, 0.2) is 6.10 Å². The number of aliphatic hydroxyl groups excluding tert-OH is 1. The summed E-state index contributed by atoms with van der Waals surface area (Å²) in [6, 6.07) is 0. The molecule has 1 atom stereocenters. The Labute approximate surface area is 66.3 Å². The molecule has 0 spiro atoms. The van der Waals surface area contributed by atoms with Crippen molar-refractivity contribution in [2.45, 2.75) is 18.9 Å². The van der Waals surface area contributed by atoms with Crippen molar-refractivity contribution < 1.29 is 9.90 Å². The third kappa shape index (κ3) is 1.80. The van der Waals surface area contributed by atoms with E-state index < -0.39 is 6.10 Å². The van der Waals surface area contributed by atoms with Gasteiger partial charge in [-0.15, -0.1) is 0 Å². The van der Waals surface area contributed by atoms with Crippen LogP contribution in [0.3, 0.4) is 0 Å². The van der Waals surface area contributed by atoms with Gasteiger partial charge in [-0.05, 0) is 12.8 Å². The fraction of sp³-hybridized carbons (Fsp3) is 0.625. The largest absolute Gasteiger partial charge is 0.379 e. The van der Waals surface area contributed by atoms with Crippen LogP contribution in [0.15, 0.2) is 12.7 Å². The molecule has 1 saturated heterocycles. The topological polar surface area (TPSA) is 40.5 Å². The first kappa shape index (κ1) is 8.27. The Kier molecular flexibility index (Phi) is 2.65. The minimum absolute atomic E-state index is 0.211. The Hall–Kier alpha value is -0.830. The van der Waals surface area contributed by atoms with E-state index >= 15 is 0 Å². The predicted octanol–water partition coefficient (Wildman–Crippen LogP) is 0.156. The summed E-state index contributed by atoms with van der Waals surface area (Å²) in [5, 5.41) is 9.08. The van der Waals surface area contributed by atoms with E-state index in [1.54, 1.807) is 4.90 Å². The molecule has 1 fully saturated rings. The molecule has 1 aliphatic heterocycles. The second-order valence-corrected chi connectivity index (χ2v) is 2.71. The lowest BCUT2D eigenvalue weighted by Crippen LogP contribution is -2.35. The Morgan fingerprint density at radius 1 is 1.55 bits per heavy atom. The second kappa shape index (κ2) is 3.53. The van der Waals surface area contributed by atoms with Gasteiger partial charge in [0.1, 0.15) is 0 Å². The smallest absolute Gasteiger partial charge is 0.255 e. The Morgan fingerprint density at radius 3 is 2.55 bits per heavy atom. The summed E-state index contributed by atoms with van der Waals surface area (Å²) in [6.07, 6.45) is 2.36. The van der Waals surface area contributed by atoms with Gasteiger partial charge in [-0.2, -0.15) is 0 Å². The highest BCUT2D eigenvalue weighted by Crippen LogP contribution is 2.08. The van der Waals surface area contributed by atoms with Crippen molar-refractivity contribution in [3.05, 3.63) is 12.7 Å². The molecule has 1 aliphatic rings. The van der Waals surface area contributed by atoms with E-state index in [4.69, 9.17) is 5.11 Å². The fourth-order valence-corrected chi connectivity index (χ4v) is 1.23. The predicted molar refractivity (Wildman–Crippen MR) is 42.0 cm³/mol. The molecule has 0 aromatic heterocycles. The summed E-state index contributed by atoms with van der Waals surface area (Å²) in [5.74, 6) is -0.211. The maximum absolute atomic E-state index is 11.2. The fourth-order valence-electron chi connectivity index (χ4n) is 1.23. The van der Waals surface area contributed by atoms with Crippen molar-refractivity contribution in [3.8, 4) is 0 Å². The Bertz CT molecular complexity index is 161. The second-order valence-electron chi connectivity index (χ2n) is 2.71. The molecule has 0 aromatic carbocycles. The molecule has 1 N–H and O–H groups in total. The number of likely N-dealkylation sites (tertiary alicyclic amines) is 1. The summed E-state index contributed by atoms with van der Waals surface area (Å²) in [6.45, 7) is 4.92. The van der Waals surface area contributed by atoms with E-state index in [0.29, 0.717) is 0 Å². The van der Waals surface area contributed by atoms with Crippen LogP contribution in [0.1, 0.15) is 12.8 Å². The van der Waals surface area contributed by atoms with Crippen molar-refractivity contribution in [2.75, 3.05) is 13.1 Å². The molecule has 1 amide bonds. The molecule has 0 aliphatic carbocycles.